The molecule has 0 unspecified atom stereocenters. The van der Waals surface area contributed by atoms with E-state index >= 15 is 0 Å². The van der Waals surface area contributed by atoms with E-state index in [1.807, 2.05) is 57.2 Å². The summed E-state index contributed by atoms with van der Waals surface area (Å²) in [5.41, 5.74) is 4.26. The zero-order chi connectivity index (χ0) is 18.7. The number of ether oxygens (including phenoxy) is 1. The summed E-state index contributed by atoms with van der Waals surface area (Å²) in [6.45, 7) is 7.76. The molecule has 0 aliphatic rings. The smallest absolute Gasteiger partial charge is 0.266 e. The van der Waals surface area contributed by atoms with Crippen molar-refractivity contribution in [3.8, 4) is 16.3 Å². The predicted octanol–water partition coefficient (Wildman–Crippen LogP) is 4.54. The summed E-state index contributed by atoms with van der Waals surface area (Å²) in [5.74, 6) is 0.478. The molecule has 1 N–H and O–H groups in total. The molecule has 6 heteroatoms. The monoisotopic (exact) mass is 367 g/mol. The van der Waals surface area contributed by atoms with Gasteiger partial charge in [0.1, 0.15) is 10.8 Å². The van der Waals surface area contributed by atoms with Crippen LogP contribution in [0.5, 0.6) is 5.75 Å². The van der Waals surface area contributed by atoms with Crippen LogP contribution in [0.2, 0.25) is 0 Å². The number of benzene rings is 2. The normalized spacial score (nSPS) is 11.8. The highest BCUT2D eigenvalue weighted by atomic mass is 32.1. The summed E-state index contributed by atoms with van der Waals surface area (Å²) >= 11 is 1.34. The van der Waals surface area contributed by atoms with E-state index in [0.29, 0.717) is 5.13 Å². The van der Waals surface area contributed by atoms with Crippen molar-refractivity contribution >= 4 is 22.4 Å². The summed E-state index contributed by atoms with van der Waals surface area (Å²) < 4.78 is 5.88. The number of hydrogen-bond acceptors (Lipinski definition) is 5. The number of carbonyl (C=O) groups excluding carboxylic acids is 1. The molecule has 134 valence electrons. The number of nitrogens with zero attached hydrogens (tertiary/aromatic N) is 2. The van der Waals surface area contributed by atoms with Gasteiger partial charge in [-0.15, -0.1) is 10.2 Å². The highest BCUT2D eigenvalue weighted by Gasteiger charge is 2.18. The van der Waals surface area contributed by atoms with Gasteiger partial charge in [0, 0.05) is 5.56 Å². The van der Waals surface area contributed by atoms with E-state index in [-0.39, 0.29) is 5.91 Å². The van der Waals surface area contributed by atoms with Gasteiger partial charge in [0.05, 0.1) is 0 Å². The minimum Gasteiger partial charge on any atom is -0.481 e. The van der Waals surface area contributed by atoms with Crippen LogP contribution >= 0.6 is 11.3 Å². The fourth-order valence-electron chi connectivity index (χ4n) is 2.55. The molecule has 0 bridgehead atoms. The van der Waals surface area contributed by atoms with Crippen molar-refractivity contribution in [1.82, 2.24) is 10.2 Å². The molecule has 0 spiro atoms. The first kappa shape index (κ1) is 18.1. The minimum absolute atomic E-state index is 0.251. The van der Waals surface area contributed by atoms with Crippen LogP contribution in [0.3, 0.4) is 0 Å². The topological polar surface area (TPSA) is 64.1 Å². The Kier molecular flexibility index (Phi) is 5.32. The van der Waals surface area contributed by atoms with Crippen LogP contribution in [0, 0.1) is 20.8 Å². The third-order valence-corrected chi connectivity index (χ3v) is 5.00. The van der Waals surface area contributed by atoms with Gasteiger partial charge in [-0.3, -0.25) is 10.1 Å². The van der Waals surface area contributed by atoms with E-state index in [0.717, 1.165) is 33.0 Å². The quantitative estimate of drug-likeness (QED) is 0.719. The molecule has 3 rings (SSSR count). The Labute approximate surface area is 157 Å². The lowest BCUT2D eigenvalue weighted by atomic mass is 10.1. The SMILES string of the molecule is Cc1cc(C)c(C)c(O[C@@H](C)C(=O)Nc2nnc(-c3ccccc3)s2)c1. The van der Waals surface area contributed by atoms with Gasteiger partial charge in [-0.05, 0) is 50.5 Å². The van der Waals surface area contributed by atoms with Crippen molar-refractivity contribution in [3.63, 3.8) is 0 Å². The largest absolute Gasteiger partial charge is 0.481 e. The second-order valence-corrected chi connectivity index (χ2v) is 7.21. The number of amides is 1. The molecule has 0 saturated carbocycles. The van der Waals surface area contributed by atoms with Crippen molar-refractivity contribution < 1.29 is 9.53 Å². The van der Waals surface area contributed by atoms with Crippen molar-refractivity contribution in [1.29, 1.82) is 0 Å². The number of anilines is 1. The van der Waals surface area contributed by atoms with E-state index in [1.54, 1.807) is 6.92 Å². The summed E-state index contributed by atoms with van der Waals surface area (Å²) in [6.07, 6.45) is -0.640. The summed E-state index contributed by atoms with van der Waals surface area (Å²) in [4.78, 5) is 12.4. The maximum Gasteiger partial charge on any atom is 0.266 e. The van der Waals surface area contributed by atoms with Crippen LogP contribution in [0.25, 0.3) is 10.6 Å². The average Bonchev–Trinajstić information content (AvgIpc) is 3.08. The molecule has 2 aromatic carbocycles. The molecule has 1 amide bonds. The Morgan fingerprint density at radius 1 is 1.12 bits per heavy atom. The molecule has 0 aliphatic carbocycles. The predicted molar refractivity (Wildman–Crippen MR) is 105 cm³/mol. The van der Waals surface area contributed by atoms with E-state index in [2.05, 4.69) is 21.6 Å². The maximum absolute atomic E-state index is 12.4. The Balaban J connectivity index is 1.68. The van der Waals surface area contributed by atoms with Crippen LogP contribution < -0.4 is 10.1 Å². The summed E-state index contributed by atoms with van der Waals surface area (Å²) in [6, 6.07) is 13.8. The van der Waals surface area contributed by atoms with Crippen LogP contribution in [-0.2, 0) is 4.79 Å². The van der Waals surface area contributed by atoms with Crippen molar-refractivity contribution in [2.75, 3.05) is 5.32 Å². The number of nitrogens with one attached hydrogen (secondary N) is 1. The lowest BCUT2D eigenvalue weighted by Crippen LogP contribution is -2.30. The Hall–Kier alpha value is -2.73. The van der Waals surface area contributed by atoms with Crippen LogP contribution in [0.4, 0.5) is 5.13 Å². The number of rotatable bonds is 5. The van der Waals surface area contributed by atoms with E-state index in [4.69, 9.17) is 4.74 Å². The summed E-state index contributed by atoms with van der Waals surface area (Å²) in [5, 5.41) is 12.2. The van der Waals surface area contributed by atoms with Crippen molar-refractivity contribution in [3.05, 3.63) is 59.2 Å². The number of aryl methyl sites for hydroxylation is 2. The fraction of sp³-hybridized carbons (Fsp3) is 0.250. The van der Waals surface area contributed by atoms with Crippen LogP contribution in [-0.4, -0.2) is 22.2 Å². The van der Waals surface area contributed by atoms with Gasteiger partial charge in [0.25, 0.3) is 5.91 Å². The first-order valence-corrected chi connectivity index (χ1v) is 9.20. The van der Waals surface area contributed by atoms with Gasteiger partial charge in [0.15, 0.2) is 6.10 Å². The average molecular weight is 367 g/mol. The number of carbonyl (C=O) groups is 1. The molecule has 1 aromatic heterocycles. The van der Waals surface area contributed by atoms with Crippen LogP contribution in [0.1, 0.15) is 23.6 Å². The van der Waals surface area contributed by atoms with E-state index in [1.165, 1.54) is 11.3 Å². The van der Waals surface area contributed by atoms with Gasteiger partial charge in [-0.1, -0.05) is 47.7 Å². The lowest BCUT2D eigenvalue weighted by Gasteiger charge is -2.17. The molecule has 5 nitrogen and oxygen atoms in total. The second-order valence-electron chi connectivity index (χ2n) is 6.23. The molecule has 26 heavy (non-hydrogen) atoms. The number of aromatic nitrogens is 2. The molecule has 0 saturated heterocycles. The molecule has 0 fully saturated rings. The molecular weight excluding hydrogens is 346 g/mol. The zero-order valence-corrected chi connectivity index (χ0v) is 16.1. The third kappa shape index (κ3) is 4.08. The Morgan fingerprint density at radius 2 is 1.85 bits per heavy atom. The Morgan fingerprint density at radius 3 is 2.58 bits per heavy atom. The first-order valence-electron chi connectivity index (χ1n) is 8.38. The van der Waals surface area contributed by atoms with Crippen molar-refractivity contribution in [2.24, 2.45) is 0 Å². The maximum atomic E-state index is 12.4. The zero-order valence-electron chi connectivity index (χ0n) is 15.2. The van der Waals surface area contributed by atoms with Gasteiger partial charge in [-0.2, -0.15) is 0 Å². The van der Waals surface area contributed by atoms with Crippen LogP contribution in [0.15, 0.2) is 42.5 Å². The molecule has 1 atom stereocenters. The summed E-state index contributed by atoms with van der Waals surface area (Å²) in [7, 11) is 0. The molecule has 0 aliphatic heterocycles. The van der Waals surface area contributed by atoms with Gasteiger partial charge >= 0.3 is 0 Å². The molecule has 1 heterocycles. The highest BCUT2D eigenvalue weighted by molar-refractivity contribution is 7.18. The van der Waals surface area contributed by atoms with E-state index in [9.17, 15) is 4.79 Å². The fourth-order valence-corrected chi connectivity index (χ4v) is 3.30. The number of hydrogen-bond donors (Lipinski definition) is 1. The molecular formula is C20H21N3O2S. The first-order chi connectivity index (χ1) is 12.4. The van der Waals surface area contributed by atoms with Gasteiger partial charge in [0.2, 0.25) is 5.13 Å². The van der Waals surface area contributed by atoms with Crippen molar-refractivity contribution in [2.45, 2.75) is 33.8 Å². The standard InChI is InChI=1S/C20H21N3O2S/c1-12-10-13(2)14(3)17(11-12)25-15(4)18(24)21-20-23-22-19(26-20)16-8-6-5-7-9-16/h5-11,15H,1-4H3,(H,21,23,24)/t15-/m0/s1. The lowest BCUT2D eigenvalue weighted by molar-refractivity contribution is -0.122. The highest BCUT2D eigenvalue weighted by Crippen LogP contribution is 2.27. The molecule has 3 aromatic rings. The second kappa shape index (κ2) is 7.66. The third-order valence-electron chi connectivity index (χ3n) is 4.11. The van der Waals surface area contributed by atoms with Gasteiger partial charge < -0.3 is 4.74 Å². The Bertz CT molecular complexity index is 922. The minimum atomic E-state index is -0.640. The molecule has 0 radical (unpaired) electrons. The van der Waals surface area contributed by atoms with Gasteiger partial charge in [-0.25, -0.2) is 0 Å². The van der Waals surface area contributed by atoms with E-state index < -0.39 is 6.10 Å².